The van der Waals surface area contributed by atoms with E-state index in [2.05, 4.69) is 5.32 Å². The van der Waals surface area contributed by atoms with Crippen LogP contribution in [-0.4, -0.2) is 23.2 Å². The van der Waals surface area contributed by atoms with Gasteiger partial charge in [-0.3, -0.25) is 4.79 Å². The number of hydrogen-bond acceptors (Lipinski definition) is 2. The molecule has 0 saturated heterocycles. The Kier molecular flexibility index (Phi) is 5.39. The summed E-state index contributed by atoms with van der Waals surface area (Å²) in [5.74, 6) is -0.362. The van der Waals surface area contributed by atoms with Gasteiger partial charge in [0.1, 0.15) is 0 Å². The number of nitrogens with one attached hydrogen (secondary N) is 1. The van der Waals surface area contributed by atoms with E-state index in [0.29, 0.717) is 5.56 Å². The predicted molar refractivity (Wildman–Crippen MR) is 73.6 cm³/mol. The van der Waals surface area contributed by atoms with E-state index in [4.69, 9.17) is 0 Å². The van der Waals surface area contributed by atoms with Crippen molar-refractivity contribution in [1.82, 2.24) is 5.32 Å². The third-order valence-corrected chi connectivity index (χ3v) is 3.53. The molecule has 1 rings (SSSR count). The number of rotatable bonds is 5. The van der Waals surface area contributed by atoms with Crippen LogP contribution < -0.4 is 5.32 Å². The molecule has 6 heteroatoms. The van der Waals surface area contributed by atoms with Gasteiger partial charge in [0.15, 0.2) is 0 Å². The first-order valence-electron chi connectivity index (χ1n) is 6.67. The molecule has 1 unspecified atom stereocenters. The lowest BCUT2D eigenvalue weighted by molar-refractivity contribution is -0.137. The quantitative estimate of drug-likeness (QED) is 0.879. The van der Waals surface area contributed by atoms with E-state index in [1.807, 2.05) is 13.8 Å². The van der Waals surface area contributed by atoms with Crippen molar-refractivity contribution in [2.45, 2.75) is 39.0 Å². The first-order chi connectivity index (χ1) is 9.52. The standard InChI is InChI=1S/C15H20F3NO2/c1-10(2)14(3,21)9-19-13(20)8-11-4-6-12(7-5-11)15(16,17)18/h4-7,10,21H,8-9H2,1-3H3,(H,19,20). The summed E-state index contributed by atoms with van der Waals surface area (Å²) in [6.45, 7) is 5.39. The van der Waals surface area contributed by atoms with E-state index in [1.54, 1.807) is 6.92 Å². The molecule has 1 aromatic rings. The zero-order valence-electron chi connectivity index (χ0n) is 12.3. The summed E-state index contributed by atoms with van der Waals surface area (Å²) in [7, 11) is 0. The van der Waals surface area contributed by atoms with Gasteiger partial charge in [0.2, 0.25) is 5.91 Å². The van der Waals surface area contributed by atoms with Gasteiger partial charge in [0.05, 0.1) is 17.6 Å². The summed E-state index contributed by atoms with van der Waals surface area (Å²) in [6.07, 6.45) is -4.40. The summed E-state index contributed by atoms with van der Waals surface area (Å²) in [5.41, 5.74) is -1.27. The summed E-state index contributed by atoms with van der Waals surface area (Å²) < 4.78 is 37.2. The van der Waals surface area contributed by atoms with Gasteiger partial charge >= 0.3 is 6.18 Å². The maximum absolute atomic E-state index is 12.4. The topological polar surface area (TPSA) is 49.3 Å². The zero-order valence-corrected chi connectivity index (χ0v) is 12.3. The highest BCUT2D eigenvalue weighted by Gasteiger charge is 2.30. The first-order valence-corrected chi connectivity index (χ1v) is 6.67. The SMILES string of the molecule is CC(C)C(C)(O)CNC(=O)Cc1ccc(C(F)(F)F)cc1. The van der Waals surface area contributed by atoms with Gasteiger partial charge in [-0.25, -0.2) is 0 Å². The summed E-state index contributed by atoms with van der Waals surface area (Å²) >= 11 is 0. The number of hydrogen-bond donors (Lipinski definition) is 2. The molecule has 1 atom stereocenters. The van der Waals surface area contributed by atoms with Crippen molar-refractivity contribution in [2.24, 2.45) is 5.92 Å². The normalized spacial score (nSPS) is 14.9. The van der Waals surface area contributed by atoms with E-state index in [0.717, 1.165) is 12.1 Å². The Balaban J connectivity index is 2.56. The molecule has 118 valence electrons. The van der Waals surface area contributed by atoms with Gasteiger partial charge in [0, 0.05) is 6.54 Å². The second-order valence-electron chi connectivity index (χ2n) is 5.66. The molecular weight excluding hydrogens is 283 g/mol. The molecule has 0 bridgehead atoms. The highest BCUT2D eigenvalue weighted by molar-refractivity contribution is 5.78. The van der Waals surface area contributed by atoms with Crippen LogP contribution >= 0.6 is 0 Å². The highest BCUT2D eigenvalue weighted by atomic mass is 19.4. The first kappa shape index (κ1) is 17.5. The summed E-state index contributed by atoms with van der Waals surface area (Å²) in [4.78, 5) is 11.7. The molecule has 0 heterocycles. The minimum Gasteiger partial charge on any atom is -0.388 e. The Hall–Kier alpha value is -1.56. The lowest BCUT2D eigenvalue weighted by Crippen LogP contribution is -2.44. The van der Waals surface area contributed by atoms with Crippen LogP contribution in [0.1, 0.15) is 31.9 Å². The molecule has 3 nitrogen and oxygen atoms in total. The number of amides is 1. The van der Waals surface area contributed by atoms with Crippen molar-refractivity contribution >= 4 is 5.91 Å². The molecule has 1 aromatic carbocycles. The Bertz CT molecular complexity index is 479. The Labute approximate surface area is 122 Å². The van der Waals surface area contributed by atoms with Gasteiger partial charge in [-0.15, -0.1) is 0 Å². The average molecular weight is 303 g/mol. The molecule has 0 aliphatic rings. The van der Waals surface area contributed by atoms with E-state index in [1.165, 1.54) is 12.1 Å². The van der Waals surface area contributed by atoms with Crippen LogP contribution in [0.5, 0.6) is 0 Å². The largest absolute Gasteiger partial charge is 0.416 e. The van der Waals surface area contributed by atoms with Gasteiger partial charge in [0.25, 0.3) is 0 Å². The number of alkyl halides is 3. The Morgan fingerprint density at radius 3 is 2.19 bits per heavy atom. The molecular formula is C15H20F3NO2. The van der Waals surface area contributed by atoms with Crippen molar-refractivity contribution in [3.05, 3.63) is 35.4 Å². The fraction of sp³-hybridized carbons (Fsp3) is 0.533. The fourth-order valence-corrected chi connectivity index (χ4v) is 1.54. The van der Waals surface area contributed by atoms with Crippen molar-refractivity contribution < 1.29 is 23.1 Å². The number of carbonyl (C=O) groups excluding carboxylic acids is 1. The zero-order chi connectivity index (χ0) is 16.3. The van der Waals surface area contributed by atoms with Gasteiger partial charge in [-0.05, 0) is 30.5 Å². The monoisotopic (exact) mass is 303 g/mol. The lowest BCUT2D eigenvalue weighted by Gasteiger charge is -2.27. The van der Waals surface area contributed by atoms with E-state index >= 15 is 0 Å². The summed E-state index contributed by atoms with van der Waals surface area (Å²) in [5, 5.41) is 12.6. The number of aliphatic hydroxyl groups is 1. The molecule has 0 aromatic heterocycles. The minimum atomic E-state index is -4.38. The van der Waals surface area contributed by atoms with E-state index in [-0.39, 0.29) is 24.8 Å². The van der Waals surface area contributed by atoms with Crippen LogP contribution in [0.25, 0.3) is 0 Å². The van der Waals surface area contributed by atoms with Crippen LogP contribution in [0.3, 0.4) is 0 Å². The van der Waals surface area contributed by atoms with Gasteiger partial charge in [-0.1, -0.05) is 26.0 Å². The molecule has 0 radical (unpaired) electrons. The minimum absolute atomic E-state index is 0.0215. The third kappa shape index (κ3) is 5.38. The summed E-state index contributed by atoms with van der Waals surface area (Å²) in [6, 6.07) is 4.46. The molecule has 0 fully saturated rings. The third-order valence-electron chi connectivity index (χ3n) is 3.53. The van der Waals surface area contributed by atoms with Crippen molar-refractivity contribution in [3.8, 4) is 0 Å². The van der Waals surface area contributed by atoms with Gasteiger partial charge < -0.3 is 10.4 Å². The number of benzene rings is 1. The molecule has 0 saturated carbocycles. The predicted octanol–water partition coefficient (Wildman–Crippen LogP) is 2.77. The Morgan fingerprint density at radius 1 is 1.24 bits per heavy atom. The van der Waals surface area contributed by atoms with E-state index < -0.39 is 17.3 Å². The van der Waals surface area contributed by atoms with Crippen molar-refractivity contribution in [1.29, 1.82) is 0 Å². The molecule has 0 spiro atoms. The molecule has 1 amide bonds. The maximum atomic E-state index is 12.4. The maximum Gasteiger partial charge on any atom is 0.416 e. The van der Waals surface area contributed by atoms with Crippen LogP contribution in [0, 0.1) is 5.92 Å². The second kappa shape index (κ2) is 6.47. The highest BCUT2D eigenvalue weighted by Crippen LogP contribution is 2.29. The fourth-order valence-electron chi connectivity index (χ4n) is 1.54. The number of carbonyl (C=O) groups is 1. The van der Waals surface area contributed by atoms with Crippen LogP contribution in [0.15, 0.2) is 24.3 Å². The smallest absolute Gasteiger partial charge is 0.388 e. The van der Waals surface area contributed by atoms with Gasteiger partial charge in [-0.2, -0.15) is 13.2 Å². The second-order valence-corrected chi connectivity index (χ2v) is 5.66. The molecule has 0 aliphatic carbocycles. The molecule has 0 aliphatic heterocycles. The Morgan fingerprint density at radius 2 is 1.76 bits per heavy atom. The van der Waals surface area contributed by atoms with E-state index in [9.17, 15) is 23.1 Å². The molecule has 21 heavy (non-hydrogen) atoms. The van der Waals surface area contributed by atoms with Crippen molar-refractivity contribution in [3.63, 3.8) is 0 Å². The van der Waals surface area contributed by atoms with Crippen molar-refractivity contribution in [2.75, 3.05) is 6.54 Å². The molecule has 2 N–H and O–H groups in total. The van der Waals surface area contributed by atoms with Crippen LogP contribution in [0.4, 0.5) is 13.2 Å². The number of halogens is 3. The lowest BCUT2D eigenvalue weighted by atomic mass is 9.92. The average Bonchev–Trinajstić information content (AvgIpc) is 2.36. The van der Waals surface area contributed by atoms with Crippen LogP contribution in [0.2, 0.25) is 0 Å². The van der Waals surface area contributed by atoms with Crippen LogP contribution in [-0.2, 0) is 17.4 Å².